The van der Waals surface area contributed by atoms with Crippen LogP contribution in [0.5, 0.6) is 5.75 Å². The number of hydrogen-bond donors (Lipinski definition) is 0. The summed E-state index contributed by atoms with van der Waals surface area (Å²) in [6.07, 6.45) is 1.94. The van der Waals surface area contributed by atoms with Gasteiger partial charge in [0.2, 0.25) is 0 Å². The minimum atomic E-state index is 0.862. The number of rotatable bonds is 2. The number of aryl methyl sites for hydroxylation is 2. The van der Waals surface area contributed by atoms with E-state index in [1.54, 1.807) is 0 Å². The quantitative estimate of drug-likeness (QED) is 0.648. The van der Waals surface area contributed by atoms with Gasteiger partial charge in [0.05, 0.1) is 5.76 Å². The fourth-order valence-electron chi connectivity index (χ4n) is 1.10. The van der Waals surface area contributed by atoms with Crippen LogP contribution in [-0.2, 0) is 0 Å². The van der Waals surface area contributed by atoms with Crippen LogP contribution in [0.25, 0.3) is 0 Å². The lowest BCUT2D eigenvalue weighted by Gasteiger charge is -2.06. The molecule has 1 rings (SSSR count). The van der Waals surface area contributed by atoms with Crippen molar-refractivity contribution in [3.05, 3.63) is 35.4 Å². The predicted molar refractivity (Wildman–Crippen MR) is 53.8 cm³/mol. The van der Waals surface area contributed by atoms with E-state index < -0.39 is 0 Å². The number of pyridine rings is 1. The summed E-state index contributed by atoms with van der Waals surface area (Å²) < 4.78 is 5.55. The zero-order valence-electron chi connectivity index (χ0n) is 8.59. The van der Waals surface area contributed by atoms with Gasteiger partial charge < -0.3 is 4.74 Å². The van der Waals surface area contributed by atoms with Crippen LogP contribution >= 0.6 is 0 Å². The summed E-state index contributed by atoms with van der Waals surface area (Å²) in [5.41, 5.74) is 1.97. The molecule has 0 fully saturated rings. The molecule has 0 aromatic carbocycles. The maximum Gasteiger partial charge on any atom is 0.130 e. The van der Waals surface area contributed by atoms with E-state index in [1.165, 1.54) is 0 Å². The molecule has 0 aliphatic rings. The molecule has 0 saturated carbocycles. The van der Waals surface area contributed by atoms with E-state index in [9.17, 15) is 0 Å². The molecule has 0 aliphatic heterocycles. The van der Waals surface area contributed by atoms with Gasteiger partial charge in [-0.1, -0.05) is 0 Å². The third-order valence-electron chi connectivity index (χ3n) is 1.74. The molecule has 0 radical (unpaired) electrons. The summed E-state index contributed by atoms with van der Waals surface area (Å²) in [6.45, 7) is 7.82. The number of allylic oxidation sites excluding steroid dienone is 2. The Morgan fingerprint density at radius 1 is 1.31 bits per heavy atom. The van der Waals surface area contributed by atoms with Gasteiger partial charge in [-0.15, -0.1) is 0 Å². The molecule has 1 aromatic heterocycles. The Kier molecular flexibility index (Phi) is 3.07. The molecule has 0 N–H and O–H groups in total. The monoisotopic (exact) mass is 177 g/mol. The molecule has 2 nitrogen and oxygen atoms in total. The Morgan fingerprint density at radius 2 is 1.85 bits per heavy atom. The topological polar surface area (TPSA) is 22.1 Å². The summed E-state index contributed by atoms with van der Waals surface area (Å²) in [4.78, 5) is 4.27. The van der Waals surface area contributed by atoms with Crippen molar-refractivity contribution < 1.29 is 4.74 Å². The van der Waals surface area contributed by atoms with Crippen molar-refractivity contribution in [3.63, 3.8) is 0 Å². The van der Waals surface area contributed by atoms with Crippen molar-refractivity contribution in [1.82, 2.24) is 4.98 Å². The summed E-state index contributed by atoms with van der Waals surface area (Å²) >= 11 is 0. The first-order valence-corrected chi connectivity index (χ1v) is 4.38. The lowest BCUT2D eigenvalue weighted by Crippen LogP contribution is -1.93. The first-order chi connectivity index (χ1) is 6.11. The normalized spacial score (nSPS) is 11.5. The minimum Gasteiger partial charge on any atom is -0.462 e. The molecule has 13 heavy (non-hydrogen) atoms. The highest BCUT2D eigenvalue weighted by atomic mass is 16.5. The summed E-state index contributed by atoms with van der Waals surface area (Å²) in [5, 5.41) is 0. The third kappa shape index (κ3) is 2.90. The molecule has 0 atom stereocenters. The van der Waals surface area contributed by atoms with Gasteiger partial charge >= 0.3 is 0 Å². The van der Waals surface area contributed by atoms with Crippen molar-refractivity contribution in [2.45, 2.75) is 27.7 Å². The molecule has 0 unspecified atom stereocenters. The molecular formula is C11H15NO. The summed E-state index contributed by atoms with van der Waals surface area (Å²) in [5.74, 6) is 1.77. The highest BCUT2D eigenvalue weighted by Gasteiger charge is 1.97. The molecule has 1 aromatic rings. The van der Waals surface area contributed by atoms with Crippen LogP contribution in [-0.4, -0.2) is 4.98 Å². The van der Waals surface area contributed by atoms with Crippen LogP contribution in [0.4, 0.5) is 0 Å². The predicted octanol–water partition coefficient (Wildman–Crippen LogP) is 3.00. The summed E-state index contributed by atoms with van der Waals surface area (Å²) in [6, 6.07) is 3.86. The Balaban J connectivity index is 2.89. The average molecular weight is 177 g/mol. The largest absolute Gasteiger partial charge is 0.462 e. The zero-order valence-corrected chi connectivity index (χ0v) is 8.59. The van der Waals surface area contributed by atoms with E-state index in [-0.39, 0.29) is 0 Å². The Morgan fingerprint density at radius 3 is 2.31 bits per heavy atom. The van der Waals surface area contributed by atoms with E-state index in [2.05, 4.69) is 4.98 Å². The van der Waals surface area contributed by atoms with E-state index in [4.69, 9.17) is 4.74 Å². The standard InChI is InChI=1S/C11H15NO/c1-5-10(4)13-11-6-8(2)12-9(3)7-11/h5-7H,1-4H3. The third-order valence-corrected chi connectivity index (χ3v) is 1.74. The van der Waals surface area contributed by atoms with Gasteiger partial charge in [-0.3, -0.25) is 4.98 Å². The van der Waals surface area contributed by atoms with Gasteiger partial charge in [0.1, 0.15) is 5.75 Å². The smallest absolute Gasteiger partial charge is 0.130 e. The van der Waals surface area contributed by atoms with Crippen molar-refractivity contribution >= 4 is 0 Å². The van der Waals surface area contributed by atoms with Crippen LogP contribution in [0.3, 0.4) is 0 Å². The van der Waals surface area contributed by atoms with Gasteiger partial charge in [0.15, 0.2) is 0 Å². The van der Waals surface area contributed by atoms with Crippen LogP contribution in [0.15, 0.2) is 24.0 Å². The van der Waals surface area contributed by atoms with Crippen LogP contribution in [0, 0.1) is 13.8 Å². The van der Waals surface area contributed by atoms with Gasteiger partial charge in [0, 0.05) is 23.5 Å². The first kappa shape index (κ1) is 9.78. The molecule has 0 amide bonds. The molecular weight excluding hydrogens is 162 g/mol. The lowest BCUT2D eigenvalue weighted by atomic mass is 10.3. The van der Waals surface area contributed by atoms with E-state index >= 15 is 0 Å². The zero-order chi connectivity index (χ0) is 9.84. The molecule has 0 bridgehead atoms. The fraction of sp³-hybridized carbons (Fsp3) is 0.364. The van der Waals surface area contributed by atoms with Gasteiger partial charge in [-0.2, -0.15) is 0 Å². The molecule has 1 heterocycles. The Bertz CT molecular complexity index is 309. The van der Waals surface area contributed by atoms with Crippen molar-refractivity contribution in [3.8, 4) is 5.75 Å². The maximum absolute atomic E-state index is 5.55. The minimum absolute atomic E-state index is 0.862. The molecule has 0 spiro atoms. The molecule has 2 heteroatoms. The maximum atomic E-state index is 5.55. The highest BCUT2D eigenvalue weighted by molar-refractivity contribution is 5.27. The number of hydrogen-bond acceptors (Lipinski definition) is 2. The Labute approximate surface area is 79.3 Å². The number of ether oxygens (including phenoxy) is 1. The second kappa shape index (κ2) is 4.08. The second-order valence-electron chi connectivity index (χ2n) is 3.09. The summed E-state index contributed by atoms with van der Waals surface area (Å²) in [7, 11) is 0. The second-order valence-corrected chi connectivity index (χ2v) is 3.09. The van der Waals surface area contributed by atoms with Gasteiger partial charge in [0.25, 0.3) is 0 Å². The number of aromatic nitrogens is 1. The number of nitrogens with zero attached hydrogens (tertiary/aromatic N) is 1. The highest BCUT2D eigenvalue weighted by Crippen LogP contribution is 2.15. The van der Waals surface area contributed by atoms with Crippen molar-refractivity contribution in [2.24, 2.45) is 0 Å². The molecule has 70 valence electrons. The average Bonchev–Trinajstić information content (AvgIpc) is 2.02. The fourth-order valence-corrected chi connectivity index (χ4v) is 1.10. The Hall–Kier alpha value is -1.31. The first-order valence-electron chi connectivity index (χ1n) is 4.38. The van der Waals surface area contributed by atoms with Crippen LogP contribution in [0.2, 0.25) is 0 Å². The van der Waals surface area contributed by atoms with E-state index in [0.717, 1.165) is 22.9 Å². The van der Waals surface area contributed by atoms with E-state index in [0.29, 0.717) is 0 Å². The SMILES string of the molecule is CC=C(C)Oc1cc(C)nc(C)c1. The van der Waals surface area contributed by atoms with Crippen molar-refractivity contribution in [2.75, 3.05) is 0 Å². The lowest BCUT2D eigenvalue weighted by molar-refractivity contribution is 0.425. The van der Waals surface area contributed by atoms with Gasteiger partial charge in [-0.25, -0.2) is 0 Å². The van der Waals surface area contributed by atoms with Crippen LogP contribution in [0.1, 0.15) is 25.2 Å². The van der Waals surface area contributed by atoms with E-state index in [1.807, 2.05) is 45.9 Å². The van der Waals surface area contributed by atoms with Gasteiger partial charge in [-0.05, 0) is 33.8 Å². The van der Waals surface area contributed by atoms with Crippen molar-refractivity contribution in [1.29, 1.82) is 0 Å². The molecule has 0 aliphatic carbocycles. The molecule has 0 saturated heterocycles. The van der Waals surface area contributed by atoms with Crippen LogP contribution < -0.4 is 4.74 Å².